The number of nitrogens with two attached hydrogens (primary N) is 1. The maximum Gasteiger partial charge on any atom is 0.238 e. The summed E-state index contributed by atoms with van der Waals surface area (Å²) in [6.45, 7) is 0. The van der Waals surface area contributed by atoms with Crippen molar-refractivity contribution in [2.45, 2.75) is 9.79 Å². The topological polar surface area (TPSA) is 72.5 Å². The van der Waals surface area contributed by atoms with Crippen LogP contribution in [0.2, 0.25) is 0 Å². The third-order valence-electron chi connectivity index (χ3n) is 2.64. The van der Waals surface area contributed by atoms with E-state index in [1.165, 1.54) is 17.0 Å². The van der Waals surface area contributed by atoms with E-state index >= 15 is 0 Å². The minimum Gasteiger partial charge on any atom is -0.256 e. The summed E-state index contributed by atoms with van der Waals surface area (Å²) in [6, 6.07) is 14.1. The van der Waals surface area contributed by atoms with Gasteiger partial charge in [-0.25, -0.2) is 13.6 Å². The SMILES string of the molecule is CSc1ccc(N=Cc2ccc(S(N)(=O)=O)cc2)cc1. The van der Waals surface area contributed by atoms with E-state index in [4.69, 9.17) is 5.14 Å². The molecule has 4 nitrogen and oxygen atoms in total. The monoisotopic (exact) mass is 306 g/mol. The Kier molecular flexibility index (Phi) is 4.59. The van der Waals surface area contributed by atoms with Gasteiger partial charge in [0.15, 0.2) is 0 Å². The first-order chi connectivity index (χ1) is 9.49. The Labute approximate surface area is 122 Å². The molecule has 2 aromatic carbocycles. The van der Waals surface area contributed by atoms with Gasteiger partial charge in [-0.15, -0.1) is 11.8 Å². The lowest BCUT2D eigenvalue weighted by molar-refractivity contribution is 0.598. The van der Waals surface area contributed by atoms with Gasteiger partial charge in [-0.05, 0) is 48.2 Å². The molecular weight excluding hydrogens is 292 g/mol. The van der Waals surface area contributed by atoms with Gasteiger partial charge in [0.05, 0.1) is 10.6 Å². The number of nitrogens with zero attached hydrogens (tertiary/aromatic N) is 1. The van der Waals surface area contributed by atoms with Crippen LogP contribution in [0.15, 0.2) is 63.3 Å². The third-order valence-corrected chi connectivity index (χ3v) is 4.32. The highest BCUT2D eigenvalue weighted by Gasteiger charge is 2.05. The Bertz CT molecular complexity index is 706. The molecule has 0 amide bonds. The summed E-state index contributed by atoms with van der Waals surface area (Å²) in [5.41, 5.74) is 1.66. The maximum absolute atomic E-state index is 11.1. The van der Waals surface area contributed by atoms with Crippen LogP contribution < -0.4 is 5.14 Å². The second-order valence-corrected chi connectivity index (χ2v) is 6.51. The van der Waals surface area contributed by atoms with Crippen molar-refractivity contribution >= 4 is 33.7 Å². The summed E-state index contributed by atoms with van der Waals surface area (Å²) in [5, 5.41) is 5.04. The summed E-state index contributed by atoms with van der Waals surface area (Å²) in [6.07, 6.45) is 3.70. The van der Waals surface area contributed by atoms with Gasteiger partial charge >= 0.3 is 0 Å². The number of hydrogen-bond acceptors (Lipinski definition) is 4. The van der Waals surface area contributed by atoms with E-state index in [1.807, 2.05) is 30.5 Å². The van der Waals surface area contributed by atoms with E-state index in [0.29, 0.717) is 0 Å². The molecular formula is C14H14N2O2S2. The second kappa shape index (κ2) is 6.21. The van der Waals surface area contributed by atoms with E-state index in [1.54, 1.807) is 30.1 Å². The van der Waals surface area contributed by atoms with E-state index in [0.717, 1.165) is 11.3 Å². The number of hydrogen-bond donors (Lipinski definition) is 1. The van der Waals surface area contributed by atoms with Crippen LogP contribution in [0.4, 0.5) is 5.69 Å². The molecule has 0 saturated carbocycles. The Hall–Kier alpha value is -1.63. The van der Waals surface area contributed by atoms with Gasteiger partial charge in [-0.2, -0.15) is 0 Å². The molecule has 2 rings (SSSR count). The van der Waals surface area contributed by atoms with E-state index in [9.17, 15) is 8.42 Å². The molecule has 0 spiro atoms. The fraction of sp³-hybridized carbons (Fsp3) is 0.0714. The van der Waals surface area contributed by atoms with Gasteiger partial charge < -0.3 is 0 Å². The number of rotatable bonds is 4. The molecule has 0 unspecified atom stereocenters. The van der Waals surface area contributed by atoms with Crippen LogP contribution >= 0.6 is 11.8 Å². The predicted molar refractivity (Wildman–Crippen MR) is 83.3 cm³/mol. The van der Waals surface area contributed by atoms with Crippen molar-refractivity contribution in [3.63, 3.8) is 0 Å². The molecule has 2 aromatic rings. The van der Waals surface area contributed by atoms with Crippen LogP contribution in [0.25, 0.3) is 0 Å². The lowest BCUT2D eigenvalue weighted by Gasteiger charge is -1.99. The molecule has 0 bridgehead atoms. The first-order valence-corrected chi connectivity index (χ1v) is 8.57. The van der Waals surface area contributed by atoms with Crippen molar-refractivity contribution in [1.29, 1.82) is 0 Å². The lowest BCUT2D eigenvalue weighted by atomic mass is 10.2. The van der Waals surface area contributed by atoms with Crippen molar-refractivity contribution in [1.82, 2.24) is 0 Å². The number of aliphatic imine (C=N–C) groups is 1. The summed E-state index contributed by atoms with van der Waals surface area (Å²) in [4.78, 5) is 5.61. The average molecular weight is 306 g/mol. The van der Waals surface area contributed by atoms with Crippen LogP contribution in [0, 0.1) is 0 Å². The van der Waals surface area contributed by atoms with Crippen LogP contribution in [0.5, 0.6) is 0 Å². The zero-order chi connectivity index (χ0) is 14.6. The molecule has 0 radical (unpaired) electrons. The molecule has 2 N–H and O–H groups in total. The molecule has 20 heavy (non-hydrogen) atoms. The predicted octanol–water partition coefficient (Wildman–Crippen LogP) is 2.81. The average Bonchev–Trinajstić information content (AvgIpc) is 2.45. The number of sulfonamides is 1. The normalized spacial score (nSPS) is 11.9. The van der Waals surface area contributed by atoms with Gasteiger partial charge in [0.2, 0.25) is 10.0 Å². The van der Waals surface area contributed by atoms with E-state index in [-0.39, 0.29) is 4.90 Å². The molecule has 104 valence electrons. The van der Waals surface area contributed by atoms with Gasteiger partial charge in [-0.3, -0.25) is 4.99 Å². The second-order valence-electron chi connectivity index (χ2n) is 4.07. The van der Waals surface area contributed by atoms with Crippen molar-refractivity contribution in [3.8, 4) is 0 Å². The van der Waals surface area contributed by atoms with Crippen LogP contribution in [0.1, 0.15) is 5.56 Å². The molecule has 0 fully saturated rings. The Morgan fingerprint density at radius 1 is 1.05 bits per heavy atom. The maximum atomic E-state index is 11.1. The molecule has 0 aliphatic rings. The van der Waals surface area contributed by atoms with Crippen LogP contribution in [0.3, 0.4) is 0 Å². The molecule has 6 heteroatoms. The fourth-order valence-corrected chi connectivity index (χ4v) is 2.48. The Morgan fingerprint density at radius 2 is 1.65 bits per heavy atom. The molecule has 0 heterocycles. The smallest absolute Gasteiger partial charge is 0.238 e. The first-order valence-electron chi connectivity index (χ1n) is 5.80. The summed E-state index contributed by atoms with van der Waals surface area (Å²) in [7, 11) is -3.64. The highest BCUT2D eigenvalue weighted by atomic mass is 32.2. The molecule has 0 aliphatic heterocycles. The highest BCUT2D eigenvalue weighted by Crippen LogP contribution is 2.19. The van der Waals surface area contributed by atoms with Gasteiger partial charge in [0.1, 0.15) is 0 Å². The minimum atomic E-state index is -3.64. The van der Waals surface area contributed by atoms with Crippen LogP contribution in [-0.4, -0.2) is 20.9 Å². The molecule has 0 saturated heterocycles. The molecule has 0 aromatic heterocycles. The van der Waals surface area contributed by atoms with Crippen molar-refractivity contribution in [2.75, 3.05) is 6.26 Å². The minimum absolute atomic E-state index is 0.0963. The standard InChI is InChI=1S/C14H14N2O2S2/c1-19-13-6-4-12(5-7-13)16-10-11-2-8-14(9-3-11)20(15,17)18/h2-10H,1H3,(H2,15,17,18). The van der Waals surface area contributed by atoms with Crippen molar-refractivity contribution in [3.05, 3.63) is 54.1 Å². The summed E-state index contributed by atoms with van der Waals surface area (Å²) in [5.74, 6) is 0. The highest BCUT2D eigenvalue weighted by molar-refractivity contribution is 7.98. The zero-order valence-corrected chi connectivity index (χ0v) is 12.5. The lowest BCUT2D eigenvalue weighted by Crippen LogP contribution is -2.11. The summed E-state index contributed by atoms with van der Waals surface area (Å²) < 4.78 is 22.3. The third kappa shape index (κ3) is 3.93. The van der Waals surface area contributed by atoms with Crippen molar-refractivity contribution in [2.24, 2.45) is 10.1 Å². The fourth-order valence-electron chi connectivity index (χ4n) is 1.56. The molecule has 0 aliphatic carbocycles. The number of thioether (sulfide) groups is 1. The first kappa shape index (κ1) is 14.8. The number of primary sulfonamides is 1. The molecule has 0 atom stereocenters. The van der Waals surface area contributed by atoms with E-state index in [2.05, 4.69) is 4.99 Å². The Morgan fingerprint density at radius 3 is 2.15 bits per heavy atom. The van der Waals surface area contributed by atoms with Gasteiger partial charge in [0.25, 0.3) is 0 Å². The van der Waals surface area contributed by atoms with Crippen molar-refractivity contribution < 1.29 is 8.42 Å². The quantitative estimate of drug-likeness (QED) is 0.697. The zero-order valence-electron chi connectivity index (χ0n) is 10.9. The largest absolute Gasteiger partial charge is 0.256 e. The number of benzene rings is 2. The van der Waals surface area contributed by atoms with Gasteiger partial charge in [-0.1, -0.05) is 12.1 Å². The Balaban J connectivity index is 2.14. The summed E-state index contributed by atoms with van der Waals surface area (Å²) >= 11 is 1.68. The van der Waals surface area contributed by atoms with Crippen LogP contribution in [-0.2, 0) is 10.0 Å². The van der Waals surface area contributed by atoms with E-state index < -0.39 is 10.0 Å². The van der Waals surface area contributed by atoms with Gasteiger partial charge in [0, 0.05) is 11.1 Å².